The van der Waals surface area contributed by atoms with Gasteiger partial charge in [-0.3, -0.25) is 0 Å². The van der Waals surface area contributed by atoms with Gasteiger partial charge in [0, 0.05) is 6.42 Å². The molecule has 4 aromatic carbocycles. The number of nitrogens with zero attached hydrogens (tertiary/aromatic N) is 4. The van der Waals surface area contributed by atoms with Crippen molar-refractivity contribution in [2.24, 2.45) is 0 Å². The van der Waals surface area contributed by atoms with Crippen LogP contribution >= 0.6 is 0 Å². The molecule has 4 rings (SSSR count). The van der Waals surface area contributed by atoms with Crippen LogP contribution in [0.15, 0.2) is 97.1 Å². The number of nitriles is 2. The molecule has 0 bridgehead atoms. The lowest BCUT2D eigenvalue weighted by atomic mass is 10.1. The van der Waals surface area contributed by atoms with E-state index in [0.717, 1.165) is 24.3 Å². The smallest absolute Gasteiger partial charge is 0.228 e. The minimum Gasteiger partial charge on any atom is -0.504 e. The van der Waals surface area contributed by atoms with E-state index in [0.29, 0.717) is 66.8 Å². The van der Waals surface area contributed by atoms with Gasteiger partial charge in [0.05, 0.1) is 56.8 Å². The average Bonchev–Trinajstić information content (AvgIpc) is 3.15. The number of hydrogen-bond donors (Lipinski definition) is 0. The third-order valence-corrected chi connectivity index (χ3v) is 7.28. The van der Waals surface area contributed by atoms with Crippen molar-refractivity contribution in [3.8, 4) is 35.1 Å². The third kappa shape index (κ3) is 15.0. The van der Waals surface area contributed by atoms with Gasteiger partial charge in [0.2, 0.25) is 5.69 Å². The van der Waals surface area contributed by atoms with Gasteiger partial charge in [0.15, 0.2) is 5.69 Å². The Hall–Kier alpha value is -5.96. The molecular weight excluding hydrogens is 612 g/mol. The maximum atomic E-state index is 8.94. The molecule has 0 aliphatic carbocycles. The van der Waals surface area contributed by atoms with Crippen LogP contribution in [0.1, 0.15) is 68.9 Å². The van der Waals surface area contributed by atoms with Gasteiger partial charge in [-0.25, -0.2) is 9.69 Å². The summed E-state index contributed by atoms with van der Waals surface area (Å²) in [5.41, 5.74) is 2.29. The standard InChI is InChI=1S/C24H28N2O2.C17H14N2O2/c1-26-22-13-11-15-24(19-22)28-17-9-7-5-3-2-4-6-8-16-27-23-14-10-12-21(18-23)20-25;1-19-15-8-3-5-10-17(15)21-12-6-11-20-16-9-4-2-7-14(16)13-18/h10-15,18-19H,2-9,16-17H2;2-5,7-10H,6,11-12H2. The van der Waals surface area contributed by atoms with Crippen molar-refractivity contribution in [3.05, 3.63) is 131 Å². The number of rotatable bonds is 19. The molecule has 0 N–H and O–H groups in total. The average molecular weight is 655 g/mol. The molecule has 0 aliphatic rings. The van der Waals surface area contributed by atoms with Crippen molar-refractivity contribution in [2.45, 2.75) is 57.8 Å². The fourth-order valence-corrected chi connectivity index (χ4v) is 4.72. The Kier molecular flexibility index (Phi) is 17.9. The van der Waals surface area contributed by atoms with Crippen molar-refractivity contribution < 1.29 is 18.9 Å². The summed E-state index contributed by atoms with van der Waals surface area (Å²) in [6.07, 6.45) is 10.1. The molecule has 0 atom stereocenters. The summed E-state index contributed by atoms with van der Waals surface area (Å²) < 4.78 is 22.5. The molecule has 250 valence electrons. The van der Waals surface area contributed by atoms with E-state index in [1.807, 2.05) is 42.5 Å². The molecule has 0 heterocycles. The van der Waals surface area contributed by atoms with Gasteiger partial charge in [0.25, 0.3) is 0 Å². The molecule has 0 aliphatic heterocycles. The van der Waals surface area contributed by atoms with Crippen LogP contribution in [-0.2, 0) is 0 Å². The molecule has 0 unspecified atom stereocenters. The molecule has 0 saturated heterocycles. The van der Waals surface area contributed by atoms with Crippen molar-refractivity contribution in [1.82, 2.24) is 0 Å². The lowest BCUT2D eigenvalue weighted by molar-refractivity contribution is 0.248. The Labute approximate surface area is 290 Å². The molecule has 4 aromatic rings. The van der Waals surface area contributed by atoms with Gasteiger partial charge in [-0.2, -0.15) is 10.5 Å². The van der Waals surface area contributed by atoms with Gasteiger partial charge >= 0.3 is 0 Å². The number of unbranched alkanes of at least 4 members (excludes halogenated alkanes) is 7. The summed E-state index contributed by atoms with van der Waals surface area (Å²) >= 11 is 0. The van der Waals surface area contributed by atoms with Crippen LogP contribution in [0.2, 0.25) is 0 Å². The van der Waals surface area contributed by atoms with E-state index in [1.165, 1.54) is 38.5 Å². The number of ether oxygens (including phenoxy) is 4. The number of hydrogen-bond acceptors (Lipinski definition) is 6. The monoisotopic (exact) mass is 654 g/mol. The molecule has 0 fully saturated rings. The highest BCUT2D eigenvalue weighted by Crippen LogP contribution is 2.27. The molecule has 0 amide bonds. The van der Waals surface area contributed by atoms with Crippen LogP contribution < -0.4 is 18.9 Å². The maximum absolute atomic E-state index is 8.94. The first-order valence-corrected chi connectivity index (χ1v) is 16.6. The van der Waals surface area contributed by atoms with E-state index >= 15 is 0 Å². The fourth-order valence-electron chi connectivity index (χ4n) is 4.72. The summed E-state index contributed by atoms with van der Waals surface area (Å²) in [7, 11) is 0. The lowest BCUT2D eigenvalue weighted by Gasteiger charge is -2.09. The first-order chi connectivity index (χ1) is 24.2. The molecule has 0 radical (unpaired) electrons. The van der Waals surface area contributed by atoms with Gasteiger partial charge in [-0.05, 0) is 61.4 Å². The van der Waals surface area contributed by atoms with E-state index in [4.69, 9.17) is 42.6 Å². The molecule has 8 nitrogen and oxygen atoms in total. The molecular formula is C41H42N4O4. The maximum Gasteiger partial charge on any atom is 0.228 e. The van der Waals surface area contributed by atoms with Crippen LogP contribution in [0.25, 0.3) is 9.69 Å². The molecule has 0 aromatic heterocycles. The Morgan fingerprint density at radius 3 is 1.67 bits per heavy atom. The zero-order valence-corrected chi connectivity index (χ0v) is 27.9. The fraction of sp³-hybridized carbons (Fsp3) is 0.317. The zero-order chi connectivity index (χ0) is 34.8. The Bertz CT molecular complexity index is 1600. The van der Waals surface area contributed by atoms with Crippen molar-refractivity contribution in [2.75, 3.05) is 26.4 Å². The second-order valence-corrected chi connectivity index (χ2v) is 11.0. The van der Waals surface area contributed by atoms with Crippen LogP contribution in [-0.4, -0.2) is 26.4 Å². The minimum absolute atomic E-state index is 0.457. The van der Waals surface area contributed by atoms with E-state index in [2.05, 4.69) is 21.8 Å². The summed E-state index contributed by atoms with van der Waals surface area (Å²) in [5, 5.41) is 17.8. The van der Waals surface area contributed by atoms with E-state index in [-0.39, 0.29) is 0 Å². The molecule has 49 heavy (non-hydrogen) atoms. The van der Waals surface area contributed by atoms with E-state index < -0.39 is 0 Å². The lowest BCUT2D eigenvalue weighted by Crippen LogP contribution is -2.05. The Balaban J connectivity index is 0.000000276. The molecule has 0 spiro atoms. The number of benzene rings is 4. The summed E-state index contributed by atoms with van der Waals surface area (Å²) in [6, 6.07) is 33.1. The number of para-hydroxylation sites is 3. The second-order valence-electron chi connectivity index (χ2n) is 11.0. The first-order valence-electron chi connectivity index (χ1n) is 16.6. The Morgan fingerprint density at radius 1 is 0.490 bits per heavy atom. The minimum atomic E-state index is 0.457. The summed E-state index contributed by atoms with van der Waals surface area (Å²) in [6.45, 7) is 16.4. The van der Waals surface area contributed by atoms with Crippen molar-refractivity contribution in [1.29, 1.82) is 10.5 Å². The molecule has 0 saturated carbocycles. The van der Waals surface area contributed by atoms with E-state index in [1.54, 1.807) is 54.6 Å². The van der Waals surface area contributed by atoms with Crippen LogP contribution in [0, 0.1) is 35.8 Å². The molecule has 8 heteroatoms. The van der Waals surface area contributed by atoms with Gasteiger partial charge in [-0.15, -0.1) is 0 Å². The zero-order valence-electron chi connectivity index (χ0n) is 27.9. The van der Waals surface area contributed by atoms with Crippen molar-refractivity contribution >= 4 is 11.4 Å². The summed E-state index contributed by atoms with van der Waals surface area (Å²) in [4.78, 5) is 6.81. The second kappa shape index (κ2) is 23.4. The normalized spacial score (nSPS) is 9.80. The predicted molar refractivity (Wildman–Crippen MR) is 191 cm³/mol. The van der Waals surface area contributed by atoms with E-state index in [9.17, 15) is 0 Å². The SMILES string of the molecule is [C-]#[N+]c1cccc(OCCCCCCCCCCOc2cccc(C#N)c2)c1.[C-]#[N+]c1ccccc1OCCCOc1ccccc1C#N. The predicted octanol–water partition coefficient (Wildman–Crippen LogP) is 10.6. The van der Waals surface area contributed by atoms with Gasteiger partial charge in [-0.1, -0.05) is 87.1 Å². The van der Waals surface area contributed by atoms with Crippen LogP contribution in [0.4, 0.5) is 11.4 Å². The van der Waals surface area contributed by atoms with Crippen LogP contribution in [0.3, 0.4) is 0 Å². The van der Waals surface area contributed by atoms with Gasteiger partial charge < -0.3 is 18.9 Å². The quantitative estimate of drug-likeness (QED) is 0.0738. The largest absolute Gasteiger partial charge is 0.504 e. The Morgan fingerprint density at radius 2 is 1.04 bits per heavy atom. The summed E-state index contributed by atoms with van der Waals surface area (Å²) in [5.74, 6) is 2.74. The highest BCUT2D eigenvalue weighted by Gasteiger charge is 2.04. The highest BCUT2D eigenvalue weighted by molar-refractivity contribution is 5.57. The highest BCUT2D eigenvalue weighted by atomic mass is 16.5. The first kappa shape index (κ1) is 37.5. The van der Waals surface area contributed by atoms with Crippen LogP contribution in [0.5, 0.6) is 23.0 Å². The van der Waals surface area contributed by atoms with Gasteiger partial charge in [0.1, 0.15) is 29.1 Å². The third-order valence-electron chi connectivity index (χ3n) is 7.28. The topological polar surface area (TPSA) is 93.2 Å². The van der Waals surface area contributed by atoms with Crippen molar-refractivity contribution in [3.63, 3.8) is 0 Å².